The summed E-state index contributed by atoms with van der Waals surface area (Å²) in [5.74, 6) is 1.42. The van der Waals surface area contributed by atoms with Gasteiger partial charge in [0.2, 0.25) is 0 Å². The number of para-hydroxylation sites is 1. The first-order valence-electron chi connectivity index (χ1n) is 7.90. The van der Waals surface area contributed by atoms with E-state index in [0.29, 0.717) is 31.1 Å². The molecule has 0 aliphatic rings. The zero-order chi connectivity index (χ0) is 17.2. The molecule has 0 radical (unpaired) electrons. The fourth-order valence-electron chi connectivity index (χ4n) is 2.13. The largest absolute Gasteiger partial charge is 0.493 e. The number of carbonyl (C=O) groups excluding carboxylic acids is 1. The molecule has 4 heteroatoms. The SMILES string of the molecule is CCOc1ccccc1C=CC(=O)c1ccc(OCCOC)cc1. The van der Waals surface area contributed by atoms with Crippen molar-refractivity contribution in [2.45, 2.75) is 6.92 Å². The van der Waals surface area contributed by atoms with Crippen molar-refractivity contribution >= 4 is 11.9 Å². The van der Waals surface area contributed by atoms with E-state index in [9.17, 15) is 4.79 Å². The predicted octanol–water partition coefficient (Wildman–Crippen LogP) is 4.01. The fraction of sp³-hybridized carbons (Fsp3) is 0.250. The molecule has 0 bridgehead atoms. The minimum atomic E-state index is -0.0651. The zero-order valence-corrected chi connectivity index (χ0v) is 14.0. The van der Waals surface area contributed by atoms with Gasteiger partial charge in [0.1, 0.15) is 18.1 Å². The second-order valence-electron chi connectivity index (χ2n) is 5.03. The summed E-state index contributed by atoms with van der Waals surface area (Å²) < 4.78 is 16.0. The molecule has 0 aliphatic heterocycles. The number of benzene rings is 2. The maximum Gasteiger partial charge on any atom is 0.185 e. The fourth-order valence-corrected chi connectivity index (χ4v) is 2.13. The van der Waals surface area contributed by atoms with Crippen LogP contribution in [0.5, 0.6) is 11.5 Å². The second kappa shape index (κ2) is 9.53. The lowest BCUT2D eigenvalue weighted by molar-refractivity contribution is 0.104. The zero-order valence-electron chi connectivity index (χ0n) is 14.0. The lowest BCUT2D eigenvalue weighted by Gasteiger charge is -2.06. The van der Waals surface area contributed by atoms with E-state index in [1.54, 1.807) is 43.5 Å². The molecule has 126 valence electrons. The lowest BCUT2D eigenvalue weighted by atomic mass is 10.1. The van der Waals surface area contributed by atoms with Gasteiger partial charge < -0.3 is 14.2 Å². The van der Waals surface area contributed by atoms with Crippen LogP contribution in [0.4, 0.5) is 0 Å². The first kappa shape index (κ1) is 17.8. The predicted molar refractivity (Wildman–Crippen MR) is 94.8 cm³/mol. The van der Waals surface area contributed by atoms with Crippen LogP contribution in [0.15, 0.2) is 54.6 Å². The second-order valence-corrected chi connectivity index (χ2v) is 5.03. The van der Waals surface area contributed by atoms with Gasteiger partial charge in [-0.15, -0.1) is 0 Å². The maximum absolute atomic E-state index is 12.3. The van der Waals surface area contributed by atoms with Gasteiger partial charge in [-0.05, 0) is 49.4 Å². The summed E-state index contributed by atoms with van der Waals surface area (Å²) in [4.78, 5) is 12.3. The molecule has 0 aromatic heterocycles. The van der Waals surface area contributed by atoms with E-state index in [-0.39, 0.29) is 5.78 Å². The monoisotopic (exact) mass is 326 g/mol. The first-order valence-corrected chi connectivity index (χ1v) is 7.90. The number of hydrogen-bond donors (Lipinski definition) is 0. The topological polar surface area (TPSA) is 44.8 Å². The molecule has 0 heterocycles. The maximum atomic E-state index is 12.3. The van der Waals surface area contributed by atoms with Crippen molar-refractivity contribution < 1.29 is 19.0 Å². The molecule has 2 aromatic carbocycles. The molecule has 0 atom stereocenters. The van der Waals surface area contributed by atoms with Crippen LogP contribution in [0.1, 0.15) is 22.8 Å². The van der Waals surface area contributed by atoms with E-state index in [1.807, 2.05) is 31.2 Å². The molecule has 0 saturated carbocycles. The normalized spacial score (nSPS) is 10.8. The summed E-state index contributed by atoms with van der Waals surface area (Å²) in [6.45, 7) is 3.53. The summed E-state index contributed by atoms with van der Waals surface area (Å²) in [7, 11) is 1.63. The van der Waals surface area contributed by atoms with Crippen molar-refractivity contribution in [3.63, 3.8) is 0 Å². The standard InChI is InChI=1S/C20H22O4/c1-3-23-20-7-5-4-6-17(20)10-13-19(21)16-8-11-18(12-9-16)24-15-14-22-2/h4-13H,3,14-15H2,1-2H3. The van der Waals surface area contributed by atoms with E-state index < -0.39 is 0 Å². The summed E-state index contributed by atoms with van der Waals surface area (Å²) in [5, 5.41) is 0. The van der Waals surface area contributed by atoms with Gasteiger partial charge in [0.25, 0.3) is 0 Å². The number of ketones is 1. The van der Waals surface area contributed by atoms with Crippen molar-refractivity contribution in [1.82, 2.24) is 0 Å². The highest BCUT2D eigenvalue weighted by molar-refractivity contribution is 6.07. The molecule has 0 saturated heterocycles. The number of rotatable bonds is 9. The molecule has 0 fully saturated rings. The number of carbonyl (C=O) groups is 1. The molecule has 0 spiro atoms. The molecule has 2 aromatic rings. The summed E-state index contributed by atoms with van der Waals surface area (Å²) in [6, 6.07) is 14.7. The lowest BCUT2D eigenvalue weighted by Crippen LogP contribution is -2.04. The van der Waals surface area contributed by atoms with Gasteiger partial charge >= 0.3 is 0 Å². The van der Waals surface area contributed by atoms with Gasteiger partial charge in [0.05, 0.1) is 13.2 Å². The van der Waals surface area contributed by atoms with Crippen molar-refractivity contribution in [3.8, 4) is 11.5 Å². The third-order valence-electron chi connectivity index (χ3n) is 3.33. The van der Waals surface area contributed by atoms with Gasteiger partial charge in [-0.25, -0.2) is 0 Å². The van der Waals surface area contributed by atoms with Gasteiger partial charge in [0.15, 0.2) is 5.78 Å². The molecule has 0 N–H and O–H groups in total. The summed E-state index contributed by atoms with van der Waals surface area (Å²) >= 11 is 0. The average Bonchev–Trinajstić information content (AvgIpc) is 2.62. The van der Waals surface area contributed by atoms with Crippen molar-refractivity contribution in [3.05, 3.63) is 65.7 Å². The van der Waals surface area contributed by atoms with E-state index in [2.05, 4.69) is 0 Å². The van der Waals surface area contributed by atoms with Crippen LogP contribution in [0.25, 0.3) is 6.08 Å². The van der Waals surface area contributed by atoms with E-state index in [1.165, 1.54) is 0 Å². The molecule has 24 heavy (non-hydrogen) atoms. The molecule has 0 amide bonds. The minimum absolute atomic E-state index is 0.0651. The minimum Gasteiger partial charge on any atom is -0.493 e. The molecule has 4 nitrogen and oxygen atoms in total. The highest BCUT2D eigenvalue weighted by atomic mass is 16.5. The third-order valence-corrected chi connectivity index (χ3v) is 3.33. The van der Waals surface area contributed by atoms with Crippen molar-refractivity contribution in [1.29, 1.82) is 0 Å². The molecule has 0 aliphatic carbocycles. The van der Waals surface area contributed by atoms with Gasteiger partial charge in [-0.1, -0.05) is 18.2 Å². The molecule has 0 unspecified atom stereocenters. The van der Waals surface area contributed by atoms with Crippen LogP contribution in [0.3, 0.4) is 0 Å². The van der Waals surface area contributed by atoms with E-state index in [0.717, 1.165) is 11.3 Å². The average molecular weight is 326 g/mol. The van der Waals surface area contributed by atoms with Gasteiger partial charge in [-0.2, -0.15) is 0 Å². The van der Waals surface area contributed by atoms with Crippen LogP contribution in [-0.4, -0.2) is 32.7 Å². The van der Waals surface area contributed by atoms with Crippen LogP contribution < -0.4 is 9.47 Å². The summed E-state index contributed by atoms with van der Waals surface area (Å²) in [6.07, 6.45) is 3.33. The van der Waals surface area contributed by atoms with Crippen LogP contribution in [0, 0.1) is 0 Å². The number of ether oxygens (including phenoxy) is 3. The number of methoxy groups -OCH3 is 1. The third kappa shape index (κ3) is 5.25. The van der Waals surface area contributed by atoms with Gasteiger partial charge in [-0.3, -0.25) is 4.79 Å². The Bertz CT molecular complexity index is 674. The van der Waals surface area contributed by atoms with Crippen molar-refractivity contribution in [2.75, 3.05) is 26.9 Å². The highest BCUT2D eigenvalue weighted by Gasteiger charge is 2.04. The molecular formula is C20H22O4. The Morgan fingerprint density at radius 2 is 1.75 bits per heavy atom. The first-order chi connectivity index (χ1) is 11.7. The Hall–Kier alpha value is -2.59. The Labute approximate surface area is 142 Å². The Morgan fingerprint density at radius 1 is 1.00 bits per heavy atom. The van der Waals surface area contributed by atoms with Crippen LogP contribution >= 0.6 is 0 Å². The van der Waals surface area contributed by atoms with Gasteiger partial charge in [0, 0.05) is 18.2 Å². The smallest absolute Gasteiger partial charge is 0.185 e. The Balaban J connectivity index is 2.01. The molecule has 2 rings (SSSR count). The quantitative estimate of drug-likeness (QED) is 0.397. The highest BCUT2D eigenvalue weighted by Crippen LogP contribution is 2.20. The molecular weight excluding hydrogens is 304 g/mol. The van der Waals surface area contributed by atoms with Crippen LogP contribution in [0.2, 0.25) is 0 Å². The van der Waals surface area contributed by atoms with E-state index >= 15 is 0 Å². The Kier molecular flexibility index (Phi) is 7.05. The Morgan fingerprint density at radius 3 is 2.46 bits per heavy atom. The number of hydrogen-bond acceptors (Lipinski definition) is 4. The van der Waals surface area contributed by atoms with Crippen molar-refractivity contribution in [2.24, 2.45) is 0 Å². The summed E-state index contributed by atoms with van der Waals surface area (Å²) in [5.41, 5.74) is 1.49. The van der Waals surface area contributed by atoms with E-state index in [4.69, 9.17) is 14.2 Å². The number of allylic oxidation sites excluding steroid dienone is 1. The van der Waals surface area contributed by atoms with Crippen LogP contribution in [-0.2, 0) is 4.74 Å².